The zero-order valence-electron chi connectivity index (χ0n) is 9.87. The fourth-order valence-electron chi connectivity index (χ4n) is 2.53. The Morgan fingerprint density at radius 3 is 2.88 bits per heavy atom. The second-order valence-corrected chi connectivity index (χ2v) is 4.93. The molecule has 2 rings (SSSR count). The van der Waals surface area contributed by atoms with Gasteiger partial charge < -0.3 is 11.1 Å². The first-order valence-electron chi connectivity index (χ1n) is 5.85. The zero-order chi connectivity index (χ0) is 12.5. The van der Waals surface area contributed by atoms with Gasteiger partial charge in [0, 0.05) is 5.69 Å². The van der Waals surface area contributed by atoms with E-state index in [2.05, 4.69) is 12.2 Å². The van der Waals surface area contributed by atoms with Crippen LogP contribution >= 0.6 is 0 Å². The normalized spacial score (nSPS) is 28.0. The predicted molar refractivity (Wildman–Crippen MR) is 65.0 cm³/mol. The maximum Gasteiger partial charge on any atom is 0.243 e. The molecule has 0 spiro atoms. The number of carbonyl (C=O) groups is 1. The van der Waals surface area contributed by atoms with E-state index in [4.69, 9.17) is 5.73 Å². The van der Waals surface area contributed by atoms with Gasteiger partial charge in [0.1, 0.15) is 11.4 Å². The third kappa shape index (κ3) is 2.40. The lowest BCUT2D eigenvalue weighted by atomic mass is 9.95. The molecule has 3 N–H and O–H groups in total. The van der Waals surface area contributed by atoms with E-state index in [1.807, 2.05) is 0 Å². The summed E-state index contributed by atoms with van der Waals surface area (Å²) >= 11 is 0. The van der Waals surface area contributed by atoms with E-state index in [0.717, 1.165) is 6.42 Å². The van der Waals surface area contributed by atoms with Gasteiger partial charge in [-0.3, -0.25) is 4.79 Å². The van der Waals surface area contributed by atoms with Gasteiger partial charge in [-0.2, -0.15) is 0 Å². The summed E-state index contributed by atoms with van der Waals surface area (Å²) in [5.74, 6) is -0.213. The molecule has 1 fully saturated rings. The van der Waals surface area contributed by atoms with E-state index in [1.165, 1.54) is 12.1 Å². The van der Waals surface area contributed by atoms with Crippen molar-refractivity contribution in [2.24, 2.45) is 11.7 Å². The molecule has 1 amide bonds. The van der Waals surface area contributed by atoms with Crippen molar-refractivity contribution in [3.8, 4) is 0 Å². The summed E-state index contributed by atoms with van der Waals surface area (Å²) in [5, 5.41) is 3.11. The molecule has 0 aliphatic heterocycles. The van der Waals surface area contributed by atoms with Crippen LogP contribution in [-0.2, 0) is 4.79 Å². The minimum absolute atomic E-state index is 0.319. The van der Waals surface area contributed by atoms with Crippen LogP contribution < -0.4 is 11.1 Å². The van der Waals surface area contributed by atoms with Gasteiger partial charge >= 0.3 is 0 Å². The van der Waals surface area contributed by atoms with Crippen molar-refractivity contribution >= 4 is 11.6 Å². The summed E-state index contributed by atoms with van der Waals surface area (Å²) in [5.41, 5.74) is 5.38. The minimum Gasteiger partial charge on any atom is -0.371 e. The van der Waals surface area contributed by atoms with Crippen molar-refractivity contribution < 1.29 is 9.18 Å². The Morgan fingerprint density at radius 1 is 1.59 bits per heavy atom. The van der Waals surface area contributed by atoms with Gasteiger partial charge in [0.25, 0.3) is 0 Å². The molecule has 1 aromatic carbocycles. The highest BCUT2D eigenvalue weighted by Crippen LogP contribution is 2.36. The number of hydrogen-bond donors (Lipinski definition) is 2. The van der Waals surface area contributed by atoms with Gasteiger partial charge in [0.15, 0.2) is 0 Å². The maximum absolute atomic E-state index is 13.1. The van der Waals surface area contributed by atoms with Crippen molar-refractivity contribution in [1.82, 2.24) is 0 Å². The number of rotatable bonds is 3. The van der Waals surface area contributed by atoms with Crippen LogP contribution in [0.5, 0.6) is 0 Å². The molecule has 4 heteroatoms. The second kappa shape index (κ2) is 4.35. The van der Waals surface area contributed by atoms with Crippen LogP contribution in [-0.4, -0.2) is 11.4 Å². The number of nitrogens with one attached hydrogen (secondary N) is 1. The topological polar surface area (TPSA) is 55.1 Å². The Hall–Kier alpha value is -1.58. The Morgan fingerprint density at radius 2 is 2.35 bits per heavy atom. The zero-order valence-corrected chi connectivity index (χ0v) is 9.87. The Kier molecular flexibility index (Phi) is 3.05. The quantitative estimate of drug-likeness (QED) is 0.846. The van der Waals surface area contributed by atoms with Crippen molar-refractivity contribution in [2.75, 3.05) is 5.32 Å². The average molecular weight is 236 g/mol. The van der Waals surface area contributed by atoms with E-state index < -0.39 is 5.54 Å². The van der Waals surface area contributed by atoms with Crippen LogP contribution in [0, 0.1) is 11.7 Å². The lowest BCUT2D eigenvalue weighted by molar-refractivity contribution is -0.122. The molecule has 3 nitrogen and oxygen atoms in total. The summed E-state index contributed by atoms with van der Waals surface area (Å²) in [6, 6.07) is 6.12. The number of carbonyl (C=O) groups excluding carboxylic acids is 1. The standard InChI is InChI=1S/C13H17FN2O/c1-9-5-6-13(8-9,12(15)17)16-11-4-2-3-10(14)7-11/h2-4,7,9,16H,5-6,8H2,1H3,(H2,15,17). The van der Waals surface area contributed by atoms with Crippen molar-refractivity contribution in [3.63, 3.8) is 0 Å². The summed E-state index contributed by atoms with van der Waals surface area (Å²) in [7, 11) is 0. The molecular weight excluding hydrogens is 219 g/mol. The second-order valence-electron chi connectivity index (χ2n) is 4.93. The highest BCUT2D eigenvalue weighted by Gasteiger charge is 2.42. The average Bonchev–Trinajstić information content (AvgIpc) is 2.61. The van der Waals surface area contributed by atoms with Crippen LogP contribution in [0.15, 0.2) is 24.3 Å². The summed E-state index contributed by atoms with van der Waals surface area (Å²) in [6.45, 7) is 2.10. The van der Waals surface area contributed by atoms with E-state index >= 15 is 0 Å². The molecule has 0 radical (unpaired) electrons. The molecule has 0 saturated heterocycles. The van der Waals surface area contributed by atoms with E-state index in [9.17, 15) is 9.18 Å². The van der Waals surface area contributed by atoms with Crippen LogP contribution in [0.2, 0.25) is 0 Å². The van der Waals surface area contributed by atoms with E-state index in [-0.39, 0.29) is 11.7 Å². The minimum atomic E-state index is -0.715. The maximum atomic E-state index is 13.1. The molecular formula is C13H17FN2O. The SMILES string of the molecule is CC1CCC(Nc2cccc(F)c2)(C(N)=O)C1. The summed E-state index contributed by atoms with van der Waals surface area (Å²) in [4.78, 5) is 11.6. The molecule has 2 atom stereocenters. The lowest BCUT2D eigenvalue weighted by Gasteiger charge is -2.28. The number of halogens is 1. The molecule has 1 aliphatic rings. The molecule has 1 aromatic rings. The first-order chi connectivity index (χ1) is 8.02. The summed E-state index contributed by atoms with van der Waals surface area (Å²) in [6.07, 6.45) is 2.38. The lowest BCUT2D eigenvalue weighted by Crippen LogP contribution is -2.48. The summed E-state index contributed by atoms with van der Waals surface area (Å²) < 4.78 is 13.1. The van der Waals surface area contributed by atoms with E-state index in [0.29, 0.717) is 24.4 Å². The molecule has 0 heterocycles. The van der Waals surface area contributed by atoms with Gasteiger partial charge in [0.05, 0.1) is 0 Å². The Labute approximate surface area is 100 Å². The molecule has 0 bridgehead atoms. The molecule has 1 saturated carbocycles. The highest BCUT2D eigenvalue weighted by molar-refractivity contribution is 5.88. The van der Waals surface area contributed by atoms with E-state index in [1.54, 1.807) is 12.1 Å². The number of benzene rings is 1. The first-order valence-corrected chi connectivity index (χ1v) is 5.85. The van der Waals surface area contributed by atoms with Crippen LogP contribution in [0.25, 0.3) is 0 Å². The van der Waals surface area contributed by atoms with Crippen LogP contribution in [0.4, 0.5) is 10.1 Å². The third-order valence-corrected chi connectivity index (χ3v) is 3.44. The molecule has 92 valence electrons. The molecule has 1 aliphatic carbocycles. The smallest absolute Gasteiger partial charge is 0.243 e. The number of hydrogen-bond acceptors (Lipinski definition) is 2. The number of nitrogens with two attached hydrogens (primary N) is 1. The van der Waals surface area contributed by atoms with Crippen molar-refractivity contribution in [1.29, 1.82) is 0 Å². The Bertz CT molecular complexity index is 435. The predicted octanol–water partition coefficient (Wildman–Crippen LogP) is 2.28. The number of amides is 1. The van der Waals surface area contributed by atoms with Crippen molar-refractivity contribution in [3.05, 3.63) is 30.1 Å². The van der Waals surface area contributed by atoms with Gasteiger partial charge in [0.2, 0.25) is 5.91 Å². The highest BCUT2D eigenvalue weighted by atomic mass is 19.1. The Balaban J connectivity index is 2.22. The number of anilines is 1. The molecule has 0 aromatic heterocycles. The fourth-order valence-corrected chi connectivity index (χ4v) is 2.53. The molecule has 17 heavy (non-hydrogen) atoms. The van der Waals surface area contributed by atoms with Gasteiger partial charge in [-0.05, 0) is 43.4 Å². The third-order valence-electron chi connectivity index (χ3n) is 3.44. The van der Waals surface area contributed by atoms with Crippen molar-refractivity contribution in [2.45, 2.75) is 31.7 Å². The van der Waals surface area contributed by atoms with Gasteiger partial charge in [-0.15, -0.1) is 0 Å². The monoisotopic (exact) mass is 236 g/mol. The van der Waals surface area contributed by atoms with Crippen LogP contribution in [0.3, 0.4) is 0 Å². The van der Waals surface area contributed by atoms with Gasteiger partial charge in [-0.25, -0.2) is 4.39 Å². The van der Waals surface area contributed by atoms with Crippen LogP contribution in [0.1, 0.15) is 26.2 Å². The molecule has 2 unspecified atom stereocenters. The largest absolute Gasteiger partial charge is 0.371 e. The van der Waals surface area contributed by atoms with Gasteiger partial charge in [-0.1, -0.05) is 13.0 Å². The first kappa shape index (κ1) is 11.9. The number of primary amides is 1. The fraction of sp³-hybridized carbons (Fsp3) is 0.462.